The molecule has 2 N–H and O–H groups in total. The van der Waals surface area contributed by atoms with Crippen LogP contribution in [0.3, 0.4) is 0 Å². The smallest absolute Gasteiger partial charge is 0.276 e. The Bertz CT molecular complexity index is 1020. The van der Waals surface area contributed by atoms with E-state index in [1.165, 1.54) is 45.9 Å². The minimum Gasteiger partial charge on any atom is -0.318 e. The SMILES string of the molecule is CSc1nsc(SC)c1C(=O)Nc1cnn(C)c1C(=O)Nc1cnn(C)c1C. The molecule has 0 aromatic carbocycles. The average molecular weight is 438 g/mol. The maximum atomic E-state index is 12.9. The third-order valence-electron chi connectivity index (χ3n) is 4.12. The molecule has 3 heterocycles. The molecule has 2 amide bonds. The van der Waals surface area contributed by atoms with Gasteiger partial charge in [0, 0.05) is 14.1 Å². The van der Waals surface area contributed by atoms with Crippen LogP contribution in [-0.4, -0.2) is 48.3 Å². The van der Waals surface area contributed by atoms with Crippen molar-refractivity contribution in [2.24, 2.45) is 14.1 Å². The molecule has 0 bridgehead atoms. The summed E-state index contributed by atoms with van der Waals surface area (Å²) in [5.41, 5.74) is 2.51. The second kappa shape index (κ2) is 8.37. The highest BCUT2D eigenvalue weighted by Crippen LogP contribution is 2.33. The van der Waals surface area contributed by atoms with Crippen molar-refractivity contribution in [3.63, 3.8) is 0 Å². The minimum atomic E-state index is -0.384. The lowest BCUT2D eigenvalue weighted by molar-refractivity contribution is 0.101. The third kappa shape index (κ3) is 3.80. The van der Waals surface area contributed by atoms with Gasteiger partial charge in [-0.25, -0.2) is 0 Å². The third-order valence-corrected chi connectivity index (χ3v) is 6.86. The molecule has 3 rings (SSSR count). The molecule has 9 nitrogen and oxygen atoms in total. The van der Waals surface area contributed by atoms with Crippen LogP contribution in [0, 0.1) is 6.92 Å². The average Bonchev–Trinajstić information content (AvgIpc) is 3.34. The number of anilines is 2. The zero-order valence-electron chi connectivity index (χ0n) is 15.9. The first-order valence-corrected chi connectivity index (χ1v) is 11.3. The molecular formula is C16H19N7O2S3. The number of aromatic nitrogens is 5. The zero-order valence-corrected chi connectivity index (χ0v) is 18.4. The van der Waals surface area contributed by atoms with Crippen molar-refractivity contribution in [3.8, 4) is 0 Å². The molecule has 3 aromatic rings. The van der Waals surface area contributed by atoms with Crippen LogP contribution in [-0.2, 0) is 14.1 Å². The molecule has 0 saturated heterocycles. The number of thioether (sulfide) groups is 2. The van der Waals surface area contributed by atoms with Crippen molar-refractivity contribution >= 4 is 58.2 Å². The first-order chi connectivity index (χ1) is 13.4. The number of aryl methyl sites for hydroxylation is 2. The van der Waals surface area contributed by atoms with Crippen molar-refractivity contribution in [1.82, 2.24) is 23.9 Å². The highest BCUT2D eigenvalue weighted by molar-refractivity contribution is 8.01. The summed E-state index contributed by atoms with van der Waals surface area (Å²) < 4.78 is 8.22. The van der Waals surface area contributed by atoms with Gasteiger partial charge in [-0.15, -0.1) is 23.5 Å². The molecule has 0 spiro atoms. The van der Waals surface area contributed by atoms with Gasteiger partial charge >= 0.3 is 0 Å². The fourth-order valence-electron chi connectivity index (χ4n) is 2.52. The minimum absolute atomic E-state index is 0.246. The number of nitrogens with zero attached hydrogens (tertiary/aromatic N) is 5. The number of nitrogens with one attached hydrogen (secondary N) is 2. The van der Waals surface area contributed by atoms with E-state index in [0.717, 1.165) is 9.90 Å². The molecule has 0 radical (unpaired) electrons. The standard InChI is InChI=1S/C16H19N7O2S3/c1-8-9(6-17-22(8)2)19-14(25)12-10(7-18-23(12)3)20-13(24)11-15(26-4)21-28-16(11)27-5/h6-7H,1-5H3,(H,19,25)(H,20,24). The van der Waals surface area contributed by atoms with Crippen molar-refractivity contribution in [1.29, 1.82) is 0 Å². The maximum absolute atomic E-state index is 12.9. The summed E-state index contributed by atoms with van der Waals surface area (Å²) in [5, 5.41) is 14.5. The second-order valence-corrected chi connectivity index (χ2v) is 8.41. The lowest BCUT2D eigenvalue weighted by atomic mass is 10.3. The zero-order chi connectivity index (χ0) is 20.4. The Morgan fingerprint density at radius 1 is 1.00 bits per heavy atom. The predicted octanol–water partition coefficient (Wildman–Crippen LogP) is 2.87. The first-order valence-electron chi connectivity index (χ1n) is 8.08. The highest BCUT2D eigenvalue weighted by atomic mass is 32.2. The van der Waals surface area contributed by atoms with Crippen LogP contribution in [0.4, 0.5) is 11.4 Å². The van der Waals surface area contributed by atoms with Gasteiger partial charge in [-0.05, 0) is 31.0 Å². The summed E-state index contributed by atoms with van der Waals surface area (Å²) in [6.07, 6.45) is 6.80. The normalized spacial score (nSPS) is 10.9. The highest BCUT2D eigenvalue weighted by Gasteiger charge is 2.24. The summed E-state index contributed by atoms with van der Waals surface area (Å²) in [6.45, 7) is 1.85. The monoisotopic (exact) mass is 437 g/mol. The number of carbonyl (C=O) groups excluding carboxylic acids is 2. The molecule has 0 saturated carbocycles. The summed E-state index contributed by atoms with van der Waals surface area (Å²) in [4.78, 5) is 25.7. The Labute approximate surface area is 174 Å². The van der Waals surface area contributed by atoms with Gasteiger partial charge in [0.15, 0.2) is 0 Å². The van der Waals surface area contributed by atoms with Crippen LogP contribution in [0.5, 0.6) is 0 Å². The largest absolute Gasteiger partial charge is 0.318 e. The maximum Gasteiger partial charge on any atom is 0.276 e. The fraction of sp³-hybridized carbons (Fsp3) is 0.312. The van der Waals surface area contributed by atoms with Crippen LogP contribution in [0.2, 0.25) is 0 Å². The van der Waals surface area contributed by atoms with E-state index in [-0.39, 0.29) is 17.5 Å². The quantitative estimate of drug-likeness (QED) is 0.571. The van der Waals surface area contributed by atoms with Gasteiger partial charge in [-0.1, -0.05) is 0 Å². The summed E-state index contributed by atoms with van der Waals surface area (Å²) in [5.74, 6) is -0.702. The van der Waals surface area contributed by atoms with E-state index in [2.05, 4.69) is 25.2 Å². The molecule has 0 fully saturated rings. The van der Waals surface area contributed by atoms with Crippen molar-refractivity contribution in [3.05, 3.63) is 29.3 Å². The molecule has 3 aromatic heterocycles. The Kier molecular flexibility index (Phi) is 6.10. The molecule has 0 aliphatic rings. The van der Waals surface area contributed by atoms with Gasteiger partial charge in [0.1, 0.15) is 10.7 Å². The van der Waals surface area contributed by atoms with Gasteiger partial charge < -0.3 is 10.6 Å². The van der Waals surface area contributed by atoms with Crippen LogP contribution in [0.15, 0.2) is 21.6 Å². The molecule has 0 aliphatic heterocycles. The summed E-state index contributed by atoms with van der Waals surface area (Å²) in [6, 6.07) is 0. The fourth-order valence-corrected chi connectivity index (χ4v) is 4.80. The van der Waals surface area contributed by atoms with E-state index in [1.807, 2.05) is 19.4 Å². The van der Waals surface area contributed by atoms with Crippen LogP contribution in [0.1, 0.15) is 26.5 Å². The lowest BCUT2D eigenvalue weighted by Crippen LogP contribution is -2.20. The molecular weight excluding hydrogens is 418 g/mol. The number of hydrogen-bond donors (Lipinski definition) is 2. The van der Waals surface area contributed by atoms with Gasteiger partial charge in [0.05, 0.1) is 39.2 Å². The lowest BCUT2D eigenvalue weighted by Gasteiger charge is -2.09. The van der Waals surface area contributed by atoms with Gasteiger partial charge in [-0.2, -0.15) is 14.6 Å². The van der Waals surface area contributed by atoms with Crippen LogP contribution in [0.25, 0.3) is 0 Å². The molecule has 0 atom stereocenters. The number of carbonyl (C=O) groups is 2. The summed E-state index contributed by atoms with van der Waals surface area (Å²) >= 11 is 4.16. The van der Waals surface area contributed by atoms with Crippen LogP contribution < -0.4 is 10.6 Å². The Morgan fingerprint density at radius 3 is 2.25 bits per heavy atom. The van der Waals surface area contributed by atoms with Crippen molar-refractivity contribution < 1.29 is 9.59 Å². The van der Waals surface area contributed by atoms with Crippen molar-refractivity contribution in [2.45, 2.75) is 16.2 Å². The van der Waals surface area contributed by atoms with Gasteiger partial charge in [-0.3, -0.25) is 19.0 Å². The molecule has 0 aliphatic carbocycles. The van der Waals surface area contributed by atoms with Gasteiger partial charge in [0.2, 0.25) is 0 Å². The van der Waals surface area contributed by atoms with E-state index in [9.17, 15) is 9.59 Å². The van der Waals surface area contributed by atoms with E-state index in [4.69, 9.17) is 0 Å². The number of amides is 2. The second-order valence-electron chi connectivity index (χ2n) is 5.76. The predicted molar refractivity (Wildman–Crippen MR) is 113 cm³/mol. The molecule has 28 heavy (non-hydrogen) atoms. The Balaban J connectivity index is 1.87. The molecule has 0 unspecified atom stereocenters. The molecule has 12 heteroatoms. The van der Waals surface area contributed by atoms with Crippen molar-refractivity contribution in [2.75, 3.05) is 23.1 Å². The number of rotatable bonds is 6. The Morgan fingerprint density at radius 2 is 1.64 bits per heavy atom. The first kappa shape index (κ1) is 20.4. The van der Waals surface area contributed by atoms with Crippen LogP contribution >= 0.6 is 35.1 Å². The molecule has 148 valence electrons. The van der Waals surface area contributed by atoms with E-state index in [0.29, 0.717) is 22.0 Å². The van der Waals surface area contributed by atoms with Gasteiger partial charge in [0.25, 0.3) is 11.8 Å². The van der Waals surface area contributed by atoms with E-state index >= 15 is 0 Å². The topological polar surface area (TPSA) is 107 Å². The summed E-state index contributed by atoms with van der Waals surface area (Å²) in [7, 11) is 3.44. The number of hydrogen-bond acceptors (Lipinski definition) is 8. The Hall–Kier alpha value is -2.31. The van der Waals surface area contributed by atoms with E-state index < -0.39 is 0 Å². The van der Waals surface area contributed by atoms with E-state index in [1.54, 1.807) is 25.0 Å².